The van der Waals surface area contributed by atoms with Crippen molar-refractivity contribution in [1.29, 1.82) is 0 Å². The molecule has 0 spiro atoms. The van der Waals surface area contributed by atoms with Crippen LogP contribution < -0.4 is 20.1 Å². The molecule has 0 radical (unpaired) electrons. The molecule has 2 aromatic carbocycles. The highest BCUT2D eigenvalue weighted by atomic mass is 127. The van der Waals surface area contributed by atoms with Gasteiger partial charge in [0.15, 0.2) is 17.5 Å². The third kappa shape index (κ3) is 7.55. The summed E-state index contributed by atoms with van der Waals surface area (Å²) >= 11 is 0. The molecule has 0 heterocycles. The summed E-state index contributed by atoms with van der Waals surface area (Å²) in [7, 11) is 9.19. The molecule has 0 atom stereocenters. The van der Waals surface area contributed by atoms with E-state index in [1.807, 2.05) is 18.2 Å². The van der Waals surface area contributed by atoms with Crippen molar-refractivity contribution in [3.63, 3.8) is 0 Å². The van der Waals surface area contributed by atoms with Crippen LogP contribution in [0.25, 0.3) is 0 Å². The molecule has 6 nitrogen and oxygen atoms in total. The summed E-state index contributed by atoms with van der Waals surface area (Å²) in [6, 6.07) is 14.4. The third-order valence-electron chi connectivity index (χ3n) is 4.08. The van der Waals surface area contributed by atoms with Gasteiger partial charge in [0.25, 0.3) is 0 Å². The van der Waals surface area contributed by atoms with Crippen LogP contribution in [0.2, 0.25) is 0 Å². The van der Waals surface area contributed by atoms with Crippen molar-refractivity contribution in [1.82, 2.24) is 15.5 Å². The van der Waals surface area contributed by atoms with E-state index in [0.717, 1.165) is 29.6 Å². The van der Waals surface area contributed by atoms with Crippen LogP contribution in [-0.2, 0) is 19.6 Å². The zero-order chi connectivity index (χ0) is 19.6. The van der Waals surface area contributed by atoms with Crippen LogP contribution in [0.5, 0.6) is 11.5 Å². The summed E-state index contributed by atoms with van der Waals surface area (Å²) in [4.78, 5) is 6.46. The van der Waals surface area contributed by atoms with E-state index in [0.29, 0.717) is 13.1 Å². The van der Waals surface area contributed by atoms with Crippen molar-refractivity contribution < 1.29 is 9.47 Å². The number of hydrogen-bond acceptors (Lipinski definition) is 4. The first kappa shape index (κ1) is 24.0. The maximum absolute atomic E-state index is 5.35. The Balaban J connectivity index is 0.00000392. The largest absolute Gasteiger partial charge is 0.493 e. The number of hydrogen-bond donors (Lipinski definition) is 2. The minimum atomic E-state index is 0. The maximum atomic E-state index is 5.35. The standard InChI is InChI=1S/C21H30N4O2.HI/c1-22-21(23-13-16-7-6-8-18(11-16)15-25(2)3)24-14-17-9-10-19(26-4)20(12-17)27-5;/h6-12H,13-15H2,1-5H3,(H2,22,23,24);1H. The number of nitrogens with zero attached hydrogens (tertiary/aromatic N) is 2. The molecule has 0 saturated heterocycles. The summed E-state index contributed by atoms with van der Waals surface area (Å²) < 4.78 is 10.6. The molecule has 0 aliphatic rings. The summed E-state index contributed by atoms with van der Waals surface area (Å²) in [6.07, 6.45) is 0. The molecule has 0 aliphatic carbocycles. The van der Waals surface area contributed by atoms with Gasteiger partial charge in [0.1, 0.15) is 0 Å². The third-order valence-corrected chi connectivity index (χ3v) is 4.08. The first-order valence-corrected chi connectivity index (χ1v) is 8.93. The van der Waals surface area contributed by atoms with Crippen LogP contribution in [0.15, 0.2) is 47.5 Å². The van der Waals surface area contributed by atoms with E-state index >= 15 is 0 Å². The number of ether oxygens (including phenoxy) is 2. The first-order chi connectivity index (χ1) is 13.0. The van der Waals surface area contributed by atoms with Gasteiger partial charge >= 0.3 is 0 Å². The van der Waals surface area contributed by atoms with Gasteiger partial charge in [0.05, 0.1) is 14.2 Å². The number of methoxy groups -OCH3 is 2. The predicted molar refractivity (Wildman–Crippen MR) is 126 cm³/mol. The van der Waals surface area contributed by atoms with Gasteiger partial charge in [-0.05, 0) is 42.9 Å². The van der Waals surface area contributed by atoms with E-state index in [2.05, 4.69) is 58.9 Å². The van der Waals surface area contributed by atoms with E-state index in [1.165, 1.54) is 11.1 Å². The maximum Gasteiger partial charge on any atom is 0.191 e. The number of guanidine groups is 1. The Morgan fingerprint density at radius 1 is 0.893 bits per heavy atom. The Bertz CT molecular complexity index is 766. The van der Waals surface area contributed by atoms with Gasteiger partial charge in [-0.15, -0.1) is 24.0 Å². The smallest absolute Gasteiger partial charge is 0.191 e. The minimum Gasteiger partial charge on any atom is -0.493 e. The highest BCUT2D eigenvalue weighted by molar-refractivity contribution is 14.0. The molecule has 154 valence electrons. The first-order valence-electron chi connectivity index (χ1n) is 8.93. The van der Waals surface area contributed by atoms with Gasteiger partial charge in [0.2, 0.25) is 0 Å². The summed E-state index contributed by atoms with van der Waals surface area (Å²) in [6.45, 7) is 2.29. The molecule has 0 fully saturated rings. The molecule has 0 saturated carbocycles. The lowest BCUT2D eigenvalue weighted by atomic mass is 10.1. The molecule has 7 heteroatoms. The van der Waals surface area contributed by atoms with Gasteiger partial charge < -0.3 is 25.0 Å². The molecular formula is C21H31IN4O2. The van der Waals surface area contributed by atoms with E-state index < -0.39 is 0 Å². The topological polar surface area (TPSA) is 58.1 Å². The average Bonchev–Trinajstić information content (AvgIpc) is 2.67. The zero-order valence-electron chi connectivity index (χ0n) is 17.3. The number of halogens is 1. The fourth-order valence-electron chi connectivity index (χ4n) is 2.79. The summed E-state index contributed by atoms with van der Waals surface area (Å²) in [5, 5.41) is 6.68. The second-order valence-corrected chi connectivity index (χ2v) is 6.53. The van der Waals surface area contributed by atoms with Crippen LogP contribution in [0, 0.1) is 0 Å². The molecule has 0 aromatic heterocycles. The fraction of sp³-hybridized carbons (Fsp3) is 0.381. The van der Waals surface area contributed by atoms with Crippen molar-refractivity contribution in [3.8, 4) is 11.5 Å². The second-order valence-electron chi connectivity index (χ2n) is 6.53. The minimum absolute atomic E-state index is 0. The van der Waals surface area contributed by atoms with E-state index in [4.69, 9.17) is 9.47 Å². The highest BCUT2D eigenvalue weighted by Gasteiger charge is 2.06. The van der Waals surface area contributed by atoms with Gasteiger partial charge in [0, 0.05) is 26.7 Å². The number of aliphatic imine (C=N–C) groups is 1. The van der Waals surface area contributed by atoms with Crippen LogP contribution >= 0.6 is 24.0 Å². The SMILES string of the molecule is CN=C(NCc1cccc(CN(C)C)c1)NCc1ccc(OC)c(OC)c1.I. The lowest BCUT2D eigenvalue weighted by Gasteiger charge is -2.14. The normalized spacial score (nSPS) is 11.0. The Morgan fingerprint density at radius 3 is 2.07 bits per heavy atom. The molecule has 0 aliphatic heterocycles. The van der Waals surface area contributed by atoms with Gasteiger partial charge in [-0.2, -0.15) is 0 Å². The van der Waals surface area contributed by atoms with Crippen LogP contribution in [0.4, 0.5) is 0 Å². The molecule has 2 rings (SSSR count). The number of benzene rings is 2. The predicted octanol–water partition coefficient (Wildman–Crippen LogP) is 3.25. The molecule has 0 unspecified atom stereocenters. The molecule has 2 N–H and O–H groups in total. The van der Waals surface area contributed by atoms with Gasteiger partial charge in [-0.1, -0.05) is 30.3 Å². The van der Waals surface area contributed by atoms with Crippen LogP contribution in [0.1, 0.15) is 16.7 Å². The number of nitrogens with one attached hydrogen (secondary N) is 2. The molecule has 0 bridgehead atoms. The fourth-order valence-corrected chi connectivity index (χ4v) is 2.79. The molecule has 0 amide bonds. The van der Waals surface area contributed by atoms with E-state index in [9.17, 15) is 0 Å². The zero-order valence-corrected chi connectivity index (χ0v) is 19.6. The van der Waals surface area contributed by atoms with Crippen molar-refractivity contribution >= 4 is 29.9 Å². The summed E-state index contributed by atoms with van der Waals surface area (Å²) in [5.74, 6) is 2.20. The Labute approximate surface area is 185 Å². The molecule has 2 aromatic rings. The lowest BCUT2D eigenvalue weighted by molar-refractivity contribution is 0.354. The van der Waals surface area contributed by atoms with Crippen molar-refractivity contribution in [3.05, 3.63) is 59.2 Å². The van der Waals surface area contributed by atoms with Crippen LogP contribution in [-0.4, -0.2) is 46.2 Å². The average molecular weight is 498 g/mol. The lowest BCUT2D eigenvalue weighted by Crippen LogP contribution is -2.36. The van der Waals surface area contributed by atoms with Crippen molar-refractivity contribution in [2.24, 2.45) is 4.99 Å². The van der Waals surface area contributed by atoms with Gasteiger partial charge in [-0.3, -0.25) is 4.99 Å². The van der Waals surface area contributed by atoms with Crippen molar-refractivity contribution in [2.75, 3.05) is 35.4 Å². The van der Waals surface area contributed by atoms with E-state index in [1.54, 1.807) is 21.3 Å². The van der Waals surface area contributed by atoms with Gasteiger partial charge in [-0.25, -0.2) is 0 Å². The van der Waals surface area contributed by atoms with Crippen LogP contribution in [0.3, 0.4) is 0 Å². The Kier molecular flexibility index (Phi) is 10.7. The van der Waals surface area contributed by atoms with Crippen molar-refractivity contribution in [2.45, 2.75) is 19.6 Å². The summed E-state index contributed by atoms with van der Waals surface area (Å²) in [5.41, 5.74) is 3.61. The highest BCUT2D eigenvalue weighted by Crippen LogP contribution is 2.27. The molecular weight excluding hydrogens is 467 g/mol. The Morgan fingerprint density at radius 2 is 1.50 bits per heavy atom. The molecule has 28 heavy (non-hydrogen) atoms. The second kappa shape index (κ2) is 12.5. The Hall–Kier alpha value is -2.00. The quantitative estimate of drug-likeness (QED) is 0.333. The van der Waals surface area contributed by atoms with E-state index in [-0.39, 0.29) is 24.0 Å². The monoisotopic (exact) mass is 498 g/mol. The number of rotatable bonds is 8.